The van der Waals surface area contributed by atoms with E-state index >= 15 is 0 Å². The molecule has 0 saturated carbocycles. The lowest BCUT2D eigenvalue weighted by molar-refractivity contribution is 0.622. The first kappa shape index (κ1) is 10.6. The van der Waals surface area contributed by atoms with Crippen LogP contribution in [0.4, 0.5) is 4.39 Å². The van der Waals surface area contributed by atoms with E-state index in [1.54, 1.807) is 23.5 Å². The van der Waals surface area contributed by atoms with Gasteiger partial charge in [-0.15, -0.1) is 11.3 Å². The van der Waals surface area contributed by atoms with Gasteiger partial charge in [0, 0.05) is 11.3 Å². The predicted octanol–water partition coefficient (Wildman–Crippen LogP) is 4.53. The number of rotatable bonds is 2. The largest absolute Gasteiger partial charge is 0.207 e. The quantitative estimate of drug-likeness (QED) is 0.744. The molecule has 0 bridgehead atoms. The van der Waals surface area contributed by atoms with E-state index in [1.165, 1.54) is 17.0 Å². The van der Waals surface area contributed by atoms with Crippen molar-refractivity contribution in [3.8, 4) is 0 Å². The van der Waals surface area contributed by atoms with Crippen LogP contribution >= 0.6 is 11.3 Å². The summed E-state index contributed by atoms with van der Waals surface area (Å²) < 4.78 is 12.8. The molecule has 3 rings (SSSR count). The molecule has 2 heterocycles. The van der Waals surface area contributed by atoms with Gasteiger partial charge in [0.1, 0.15) is 11.9 Å². The number of hydrogen-bond acceptors (Lipinski definition) is 3. The van der Waals surface area contributed by atoms with Gasteiger partial charge in [0.2, 0.25) is 0 Å². The molecular weight excluding hydrogens is 235 g/mol. The van der Waals surface area contributed by atoms with Crippen molar-refractivity contribution < 1.29 is 4.39 Å². The summed E-state index contributed by atoms with van der Waals surface area (Å²) in [6, 6.07) is 10.9. The van der Waals surface area contributed by atoms with Crippen LogP contribution in [-0.4, -0.2) is 0 Å². The van der Waals surface area contributed by atoms with Crippen LogP contribution < -0.4 is 0 Å². The zero-order chi connectivity index (χ0) is 11.7. The van der Waals surface area contributed by atoms with Gasteiger partial charge in [0.25, 0.3) is 0 Å². The lowest BCUT2D eigenvalue weighted by atomic mass is 10.0. The van der Waals surface area contributed by atoms with E-state index in [9.17, 15) is 4.39 Å². The number of benzene rings is 1. The van der Waals surface area contributed by atoms with E-state index in [1.807, 2.05) is 6.07 Å². The van der Waals surface area contributed by atoms with E-state index in [2.05, 4.69) is 21.7 Å². The molecule has 17 heavy (non-hydrogen) atoms. The molecule has 0 saturated heterocycles. The molecule has 2 nitrogen and oxygen atoms in total. The van der Waals surface area contributed by atoms with Gasteiger partial charge < -0.3 is 0 Å². The first-order valence-electron chi connectivity index (χ1n) is 5.52. The summed E-state index contributed by atoms with van der Waals surface area (Å²) in [5.41, 5.74) is 1.04. The molecule has 0 fully saturated rings. The molecule has 1 aliphatic rings. The van der Waals surface area contributed by atoms with Crippen molar-refractivity contribution in [3.63, 3.8) is 0 Å². The predicted molar refractivity (Wildman–Crippen MR) is 65.7 cm³/mol. The van der Waals surface area contributed by atoms with Gasteiger partial charge >= 0.3 is 0 Å². The highest BCUT2D eigenvalue weighted by atomic mass is 32.1. The minimum absolute atomic E-state index is 0.0719. The van der Waals surface area contributed by atoms with Gasteiger partial charge in [-0.25, -0.2) is 4.39 Å². The highest BCUT2D eigenvalue weighted by Crippen LogP contribution is 2.39. The maximum atomic E-state index is 12.8. The minimum Gasteiger partial charge on any atom is -0.207 e. The zero-order valence-corrected chi connectivity index (χ0v) is 9.90. The third kappa shape index (κ3) is 2.13. The Morgan fingerprint density at radius 2 is 1.82 bits per heavy atom. The molecule has 0 N–H and O–H groups in total. The standard InChI is InChI=1S/C13H11FN2S/c14-10-5-3-9(4-6-10)11-8-12(16-15-11)13-2-1-7-17-13/h1-7,11-12H,8H2. The second kappa shape index (κ2) is 4.37. The molecule has 0 amide bonds. The highest BCUT2D eigenvalue weighted by molar-refractivity contribution is 7.10. The van der Waals surface area contributed by atoms with Crippen LogP contribution in [0, 0.1) is 5.82 Å². The summed E-state index contributed by atoms with van der Waals surface area (Å²) in [7, 11) is 0. The Kier molecular flexibility index (Phi) is 2.73. The van der Waals surface area contributed by atoms with Gasteiger partial charge in [-0.3, -0.25) is 0 Å². The Bertz CT molecular complexity index is 519. The van der Waals surface area contributed by atoms with Crippen molar-refractivity contribution in [1.82, 2.24) is 0 Å². The van der Waals surface area contributed by atoms with Crippen molar-refractivity contribution in [2.75, 3.05) is 0 Å². The lowest BCUT2D eigenvalue weighted by Crippen LogP contribution is -1.95. The number of nitrogens with zero attached hydrogens (tertiary/aromatic N) is 2. The first-order chi connectivity index (χ1) is 8.33. The van der Waals surface area contributed by atoms with Crippen molar-refractivity contribution in [2.45, 2.75) is 18.5 Å². The number of hydrogen-bond donors (Lipinski definition) is 0. The monoisotopic (exact) mass is 246 g/mol. The molecule has 2 aromatic rings. The second-order valence-electron chi connectivity index (χ2n) is 4.07. The average molecular weight is 246 g/mol. The molecule has 1 aromatic heterocycles. The molecule has 0 spiro atoms. The van der Waals surface area contributed by atoms with Crippen LogP contribution in [0.15, 0.2) is 52.0 Å². The van der Waals surface area contributed by atoms with Crippen LogP contribution in [0.1, 0.15) is 28.9 Å². The smallest absolute Gasteiger partial charge is 0.123 e. The highest BCUT2D eigenvalue weighted by Gasteiger charge is 2.25. The number of halogens is 1. The van der Waals surface area contributed by atoms with Crippen LogP contribution in [0.25, 0.3) is 0 Å². The zero-order valence-electron chi connectivity index (χ0n) is 9.08. The number of azo groups is 1. The minimum atomic E-state index is -0.210. The van der Waals surface area contributed by atoms with Crippen molar-refractivity contribution >= 4 is 11.3 Å². The molecule has 1 aliphatic heterocycles. The van der Waals surface area contributed by atoms with Gasteiger partial charge in [-0.05, 0) is 29.1 Å². The van der Waals surface area contributed by atoms with Gasteiger partial charge in [-0.1, -0.05) is 18.2 Å². The molecule has 86 valence electrons. The van der Waals surface area contributed by atoms with Crippen LogP contribution in [-0.2, 0) is 0 Å². The fourth-order valence-electron chi connectivity index (χ4n) is 2.01. The van der Waals surface area contributed by atoms with Crippen molar-refractivity contribution in [1.29, 1.82) is 0 Å². The topological polar surface area (TPSA) is 24.7 Å². The summed E-state index contributed by atoms with van der Waals surface area (Å²) in [5.74, 6) is -0.210. The van der Waals surface area contributed by atoms with E-state index in [0.717, 1.165) is 12.0 Å². The Morgan fingerprint density at radius 1 is 1.06 bits per heavy atom. The second-order valence-corrected chi connectivity index (χ2v) is 5.04. The fourth-order valence-corrected chi connectivity index (χ4v) is 2.78. The Morgan fingerprint density at radius 3 is 2.53 bits per heavy atom. The SMILES string of the molecule is Fc1ccc(C2CC(c3cccs3)N=N2)cc1. The summed E-state index contributed by atoms with van der Waals surface area (Å²) in [5, 5.41) is 10.6. The third-order valence-corrected chi connectivity index (χ3v) is 3.89. The molecule has 2 atom stereocenters. The molecular formula is C13H11FN2S. The normalized spacial score (nSPS) is 23.1. The van der Waals surface area contributed by atoms with Crippen molar-refractivity contribution in [3.05, 3.63) is 58.0 Å². The average Bonchev–Trinajstić information content (AvgIpc) is 3.00. The molecule has 1 aromatic carbocycles. The Balaban J connectivity index is 1.77. The van der Waals surface area contributed by atoms with E-state index in [0.29, 0.717) is 0 Å². The maximum absolute atomic E-state index is 12.8. The summed E-state index contributed by atoms with van der Waals surface area (Å²) in [6.07, 6.45) is 0.881. The molecule has 0 radical (unpaired) electrons. The molecule has 4 heteroatoms. The molecule has 2 unspecified atom stereocenters. The Hall–Kier alpha value is -1.55. The maximum Gasteiger partial charge on any atom is 0.123 e. The Labute approximate surface area is 103 Å². The van der Waals surface area contributed by atoms with E-state index in [4.69, 9.17) is 0 Å². The number of thiophene rings is 1. The molecule has 0 aliphatic carbocycles. The van der Waals surface area contributed by atoms with Gasteiger partial charge in [0.05, 0.1) is 6.04 Å². The van der Waals surface area contributed by atoms with Gasteiger partial charge in [-0.2, -0.15) is 10.2 Å². The summed E-state index contributed by atoms with van der Waals surface area (Å²) in [4.78, 5) is 1.25. The van der Waals surface area contributed by atoms with Crippen LogP contribution in [0.5, 0.6) is 0 Å². The lowest BCUT2D eigenvalue weighted by Gasteiger charge is -2.07. The third-order valence-electron chi connectivity index (χ3n) is 2.92. The van der Waals surface area contributed by atoms with Crippen LogP contribution in [0.2, 0.25) is 0 Å². The summed E-state index contributed by atoms with van der Waals surface area (Å²) >= 11 is 1.71. The first-order valence-corrected chi connectivity index (χ1v) is 6.40. The van der Waals surface area contributed by atoms with Crippen molar-refractivity contribution in [2.24, 2.45) is 10.2 Å². The van der Waals surface area contributed by atoms with E-state index < -0.39 is 0 Å². The van der Waals surface area contributed by atoms with E-state index in [-0.39, 0.29) is 17.9 Å². The van der Waals surface area contributed by atoms with Crippen LogP contribution in [0.3, 0.4) is 0 Å². The van der Waals surface area contributed by atoms with Gasteiger partial charge in [0.15, 0.2) is 0 Å². The fraction of sp³-hybridized carbons (Fsp3) is 0.231. The summed E-state index contributed by atoms with van der Waals surface area (Å²) in [6.45, 7) is 0.